The molecule has 0 radical (unpaired) electrons. The molecule has 73 heavy (non-hydrogen) atoms. The van der Waals surface area contributed by atoms with E-state index in [0.29, 0.717) is 23.9 Å². The molecule has 9 nitrogen and oxygen atoms in total. The number of aliphatic carboxylic acids is 1. The molecule has 0 aliphatic heterocycles. The van der Waals surface area contributed by atoms with E-state index in [4.69, 9.17) is 18.9 Å². The Balaban J connectivity index is 4.25. The fraction of sp³-hybridized carbons (Fsp3) is 0.766. The van der Waals surface area contributed by atoms with Gasteiger partial charge in [0.2, 0.25) is 0 Å². The molecule has 0 saturated heterocycles. The minimum atomic E-state index is -1.63. The molecule has 0 N–H and O–H groups in total. The van der Waals surface area contributed by atoms with Crippen molar-refractivity contribution in [1.82, 2.24) is 0 Å². The minimum absolute atomic E-state index is 0.144. The van der Waals surface area contributed by atoms with Gasteiger partial charge in [-0.1, -0.05) is 254 Å². The summed E-state index contributed by atoms with van der Waals surface area (Å²) in [6.45, 7) is 4.65. The van der Waals surface area contributed by atoms with E-state index in [0.717, 1.165) is 83.5 Å². The van der Waals surface area contributed by atoms with Crippen LogP contribution in [0.4, 0.5) is 0 Å². The maximum Gasteiger partial charge on any atom is 0.306 e. The second kappa shape index (κ2) is 55.0. The topological polar surface area (TPSA) is 111 Å². The lowest BCUT2D eigenvalue weighted by molar-refractivity contribution is -0.870. The van der Waals surface area contributed by atoms with Gasteiger partial charge in [-0.15, -0.1) is 0 Å². The van der Waals surface area contributed by atoms with Crippen LogP contribution in [0.1, 0.15) is 258 Å². The molecule has 0 rings (SSSR count). The van der Waals surface area contributed by atoms with Crippen molar-refractivity contribution >= 4 is 17.9 Å². The Morgan fingerprint density at radius 1 is 0.425 bits per heavy atom. The third-order valence-electron chi connectivity index (χ3n) is 13.0. The van der Waals surface area contributed by atoms with Crippen LogP contribution in [0.25, 0.3) is 0 Å². The van der Waals surface area contributed by atoms with Crippen molar-refractivity contribution in [3.63, 3.8) is 0 Å². The zero-order chi connectivity index (χ0) is 53.4. The largest absolute Gasteiger partial charge is 0.545 e. The fourth-order valence-corrected chi connectivity index (χ4v) is 8.36. The van der Waals surface area contributed by atoms with E-state index >= 15 is 0 Å². The lowest BCUT2D eigenvalue weighted by atomic mass is 10.0. The van der Waals surface area contributed by atoms with Crippen LogP contribution in [0.3, 0.4) is 0 Å². The molecule has 0 spiro atoms. The SMILES string of the molecule is CC/C=C\C/C=C\C/C=C\C/C=C\C/C=C\C/C=C\CCCCCCCCCCC(=O)OC(COC(=O)CCCCCCCCCCCCCCCCCCCCCCC)COC(OCC[N+](C)(C)C)C(=O)[O-]. The molecule has 0 heterocycles. The van der Waals surface area contributed by atoms with Crippen molar-refractivity contribution < 1.29 is 42.9 Å². The summed E-state index contributed by atoms with van der Waals surface area (Å²) in [5.74, 6) is -2.29. The maximum atomic E-state index is 12.9. The minimum Gasteiger partial charge on any atom is -0.545 e. The van der Waals surface area contributed by atoms with Crippen LogP contribution in [0, 0.1) is 0 Å². The van der Waals surface area contributed by atoms with E-state index in [1.807, 2.05) is 21.1 Å². The number of unbranched alkanes of at least 4 members (excludes halogenated alkanes) is 28. The van der Waals surface area contributed by atoms with Crippen molar-refractivity contribution in [2.75, 3.05) is 47.5 Å². The first-order chi connectivity index (χ1) is 35.6. The number of ether oxygens (including phenoxy) is 4. The zero-order valence-electron chi connectivity index (χ0n) is 48.0. The molecular formula is C64H113NO8. The highest BCUT2D eigenvalue weighted by molar-refractivity contribution is 5.70. The number of nitrogens with zero attached hydrogens (tertiary/aromatic N) is 1. The van der Waals surface area contributed by atoms with Gasteiger partial charge >= 0.3 is 11.9 Å². The average molecular weight is 1020 g/mol. The van der Waals surface area contributed by atoms with Gasteiger partial charge in [0.05, 0.1) is 40.3 Å². The van der Waals surface area contributed by atoms with Crippen LogP contribution in [0.2, 0.25) is 0 Å². The number of esters is 2. The molecular weight excluding hydrogens is 911 g/mol. The highest BCUT2D eigenvalue weighted by atomic mass is 16.7. The number of carbonyl (C=O) groups is 3. The van der Waals surface area contributed by atoms with Crippen LogP contribution >= 0.6 is 0 Å². The second-order valence-corrected chi connectivity index (χ2v) is 21.3. The molecule has 0 aromatic rings. The smallest absolute Gasteiger partial charge is 0.306 e. The third kappa shape index (κ3) is 56.3. The summed E-state index contributed by atoms with van der Waals surface area (Å²) >= 11 is 0. The predicted molar refractivity (Wildman–Crippen MR) is 306 cm³/mol. The fourth-order valence-electron chi connectivity index (χ4n) is 8.36. The number of allylic oxidation sites excluding steroid dienone is 12. The number of carboxylic acid groups (broad SMARTS) is 1. The lowest BCUT2D eigenvalue weighted by Gasteiger charge is -2.26. The van der Waals surface area contributed by atoms with Gasteiger partial charge in [-0.2, -0.15) is 0 Å². The Hall–Kier alpha value is -3.27. The van der Waals surface area contributed by atoms with Gasteiger partial charge in [-0.05, 0) is 64.2 Å². The van der Waals surface area contributed by atoms with Crippen molar-refractivity contribution in [3.05, 3.63) is 72.9 Å². The standard InChI is InChI=1S/C64H113NO8/c1-6-8-10-12-14-16-18-20-22-24-26-28-29-30-31-32-33-35-37-39-41-43-45-47-49-51-53-55-62(67)73-60(59-72-64(63(68)69)70-57-56-65(3,4)5)58-71-61(66)54-52-50-48-46-44-42-40-38-36-34-27-25-23-21-19-17-15-13-11-9-7-2/h8,10,14,16,20,22,26,28,30-31,33,35,60,64H,6-7,9,11-13,15,17-19,21,23-25,27,29,32,34,36-59H2,1-5H3/b10-8-,16-14-,22-20-,28-26-,31-30-,35-33-. The number of carboxylic acids is 1. The summed E-state index contributed by atoms with van der Waals surface area (Å²) in [7, 11) is 5.92. The number of hydrogen-bond donors (Lipinski definition) is 0. The molecule has 0 saturated carbocycles. The van der Waals surface area contributed by atoms with Crippen molar-refractivity contribution in [2.45, 2.75) is 270 Å². The van der Waals surface area contributed by atoms with E-state index in [9.17, 15) is 19.5 Å². The van der Waals surface area contributed by atoms with Crippen LogP contribution < -0.4 is 5.11 Å². The van der Waals surface area contributed by atoms with E-state index in [1.54, 1.807) is 0 Å². The lowest BCUT2D eigenvalue weighted by Crippen LogP contribution is -2.44. The molecule has 0 amide bonds. The Morgan fingerprint density at radius 2 is 0.781 bits per heavy atom. The summed E-state index contributed by atoms with van der Waals surface area (Å²) < 4.78 is 22.7. The molecule has 0 aromatic carbocycles. The summed E-state index contributed by atoms with van der Waals surface area (Å²) in [6.07, 6.45) is 68.0. The normalized spacial score (nSPS) is 13.3. The van der Waals surface area contributed by atoms with Crippen LogP contribution in [0.15, 0.2) is 72.9 Å². The van der Waals surface area contributed by atoms with Gasteiger partial charge in [0.15, 0.2) is 12.4 Å². The van der Waals surface area contributed by atoms with Gasteiger partial charge < -0.3 is 33.3 Å². The molecule has 0 fully saturated rings. The molecule has 422 valence electrons. The summed E-state index contributed by atoms with van der Waals surface area (Å²) in [5.41, 5.74) is 0. The van der Waals surface area contributed by atoms with E-state index in [1.165, 1.54) is 141 Å². The molecule has 0 aliphatic rings. The van der Waals surface area contributed by atoms with Gasteiger partial charge in [0.1, 0.15) is 13.2 Å². The number of likely N-dealkylation sites (N-methyl/N-ethyl adjacent to an activating group) is 1. The van der Waals surface area contributed by atoms with E-state index in [-0.39, 0.29) is 32.2 Å². The van der Waals surface area contributed by atoms with Gasteiger partial charge in [0, 0.05) is 12.8 Å². The number of rotatable bonds is 55. The molecule has 0 aromatic heterocycles. The summed E-state index contributed by atoms with van der Waals surface area (Å²) in [6, 6.07) is 0. The van der Waals surface area contributed by atoms with Crippen molar-refractivity contribution in [3.8, 4) is 0 Å². The predicted octanol–water partition coefficient (Wildman–Crippen LogP) is 16.5. The summed E-state index contributed by atoms with van der Waals surface area (Å²) in [5, 5.41) is 11.8. The Bertz CT molecular complexity index is 1420. The van der Waals surface area contributed by atoms with Gasteiger partial charge in [-0.25, -0.2) is 0 Å². The average Bonchev–Trinajstić information content (AvgIpc) is 3.36. The number of hydrogen-bond acceptors (Lipinski definition) is 8. The quantitative estimate of drug-likeness (QED) is 0.0195. The number of quaternary nitrogens is 1. The first kappa shape index (κ1) is 69.7. The van der Waals surface area contributed by atoms with Crippen LogP contribution in [-0.4, -0.2) is 82.3 Å². The van der Waals surface area contributed by atoms with Gasteiger partial charge in [0.25, 0.3) is 0 Å². The van der Waals surface area contributed by atoms with E-state index in [2.05, 4.69) is 86.8 Å². The Kier molecular flexibility index (Phi) is 52.5. The number of carbonyl (C=O) groups excluding carboxylic acids is 3. The maximum absolute atomic E-state index is 12.9. The Morgan fingerprint density at radius 3 is 1.16 bits per heavy atom. The van der Waals surface area contributed by atoms with Crippen LogP contribution in [-0.2, 0) is 33.3 Å². The van der Waals surface area contributed by atoms with Crippen LogP contribution in [0.5, 0.6) is 0 Å². The van der Waals surface area contributed by atoms with Gasteiger partial charge in [-0.3, -0.25) is 9.59 Å². The first-order valence-electron chi connectivity index (χ1n) is 30.1. The first-order valence-corrected chi connectivity index (χ1v) is 30.1. The van der Waals surface area contributed by atoms with Crippen molar-refractivity contribution in [2.24, 2.45) is 0 Å². The monoisotopic (exact) mass is 1020 g/mol. The highest BCUT2D eigenvalue weighted by Gasteiger charge is 2.22. The molecule has 2 unspecified atom stereocenters. The molecule has 2 atom stereocenters. The van der Waals surface area contributed by atoms with E-state index < -0.39 is 24.3 Å². The second-order valence-electron chi connectivity index (χ2n) is 21.3. The molecule has 0 aliphatic carbocycles. The Labute approximate surface area is 449 Å². The molecule has 9 heteroatoms. The highest BCUT2D eigenvalue weighted by Crippen LogP contribution is 2.17. The third-order valence-corrected chi connectivity index (χ3v) is 13.0. The molecule has 0 bridgehead atoms. The zero-order valence-corrected chi connectivity index (χ0v) is 48.0. The van der Waals surface area contributed by atoms with Crippen molar-refractivity contribution in [1.29, 1.82) is 0 Å². The summed E-state index contributed by atoms with van der Waals surface area (Å²) in [4.78, 5) is 37.3.